The molecule has 0 aliphatic heterocycles. The summed E-state index contributed by atoms with van der Waals surface area (Å²) < 4.78 is 25.1. The Morgan fingerprint density at radius 2 is 1.72 bits per heavy atom. The normalized spacial score (nSPS) is 11.5. The summed E-state index contributed by atoms with van der Waals surface area (Å²) in [4.78, 5) is 30.1. The molecule has 32 heavy (non-hydrogen) atoms. The first-order chi connectivity index (χ1) is 15.3. The van der Waals surface area contributed by atoms with Crippen LogP contribution >= 0.6 is 0 Å². The highest BCUT2D eigenvalue weighted by Gasteiger charge is 2.23. The van der Waals surface area contributed by atoms with Gasteiger partial charge in [0.2, 0.25) is 5.78 Å². The molecule has 0 bridgehead atoms. The van der Waals surface area contributed by atoms with E-state index in [-0.39, 0.29) is 17.0 Å². The van der Waals surface area contributed by atoms with Crippen LogP contribution in [0.5, 0.6) is 5.75 Å². The molecule has 2 aromatic carbocycles. The van der Waals surface area contributed by atoms with Crippen molar-refractivity contribution in [3.05, 3.63) is 80.9 Å². The first-order valence-corrected chi connectivity index (χ1v) is 9.92. The van der Waals surface area contributed by atoms with Crippen LogP contribution < -0.4 is 16.0 Å². The van der Waals surface area contributed by atoms with Gasteiger partial charge in [-0.2, -0.15) is 4.98 Å². The molecule has 0 atom stereocenters. The third-order valence-electron chi connectivity index (χ3n) is 5.68. The Balaban J connectivity index is 1.98. The van der Waals surface area contributed by atoms with Crippen molar-refractivity contribution in [3.63, 3.8) is 0 Å². The maximum atomic E-state index is 13.6. The summed E-state index contributed by atoms with van der Waals surface area (Å²) in [6.45, 7) is 1.96. The van der Waals surface area contributed by atoms with E-state index in [1.165, 1.54) is 23.7 Å². The van der Waals surface area contributed by atoms with Gasteiger partial charge in [-0.1, -0.05) is 6.07 Å². The molecule has 5 aromatic rings. The van der Waals surface area contributed by atoms with E-state index in [4.69, 9.17) is 4.74 Å². The van der Waals surface area contributed by atoms with Gasteiger partial charge in [0, 0.05) is 25.9 Å². The smallest absolute Gasteiger partial charge is 0.332 e. The van der Waals surface area contributed by atoms with Crippen LogP contribution in [0, 0.1) is 12.7 Å². The Morgan fingerprint density at radius 3 is 2.41 bits per heavy atom. The molecule has 3 aromatic heterocycles. The SMILES string of the molecule is COc1cc(C)ccc1-n1c(-c2ccc(F)cc2)cn2c3c(=O)n(C)c(=O)n(C)c3nc12. The van der Waals surface area contributed by atoms with Crippen molar-refractivity contribution >= 4 is 16.9 Å². The predicted octanol–water partition coefficient (Wildman–Crippen LogP) is 2.80. The number of rotatable bonds is 3. The van der Waals surface area contributed by atoms with E-state index in [1.807, 2.05) is 29.7 Å². The number of ether oxygens (including phenoxy) is 1. The lowest BCUT2D eigenvalue weighted by molar-refractivity contribution is 0.413. The summed E-state index contributed by atoms with van der Waals surface area (Å²) >= 11 is 0. The minimum Gasteiger partial charge on any atom is -0.495 e. The molecule has 5 rings (SSSR count). The van der Waals surface area contributed by atoms with E-state index in [0.717, 1.165) is 15.7 Å². The zero-order chi connectivity index (χ0) is 22.7. The van der Waals surface area contributed by atoms with Crippen LogP contribution in [0.25, 0.3) is 33.9 Å². The third-order valence-corrected chi connectivity index (χ3v) is 5.68. The molecule has 9 heteroatoms. The highest BCUT2D eigenvalue weighted by atomic mass is 19.1. The van der Waals surface area contributed by atoms with E-state index < -0.39 is 11.2 Å². The number of hydrogen-bond donors (Lipinski definition) is 0. The molecular weight excluding hydrogens is 413 g/mol. The second-order valence-corrected chi connectivity index (χ2v) is 7.69. The number of benzene rings is 2. The standard InChI is InChI=1S/C23H20FN5O3/c1-13-5-10-16(18(11-13)32-4)29-17(14-6-8-15(24)9-7-14)12-28-19-20(25-22(28)29)26(2)23(31)27(3)21(19)30/h5-12H,1-4H3. The second-order valence-electron chi connectivity index (χ2n) is 7.69. The van der Waals surface area contributed by atoms with Crippen LogP contribution in [0.1, 0.15) is 5.56 Å². The molecule has 0 radical (unpaired) electrons. The number of hydrogen-bond acceptors (Lipinski definition) is 4. The summed E-state index contributed by atoms with van der Waals surface area (Å²) in [5.41, 5.74) is 2.78. The lowest BCUT2D eigenvalue weighted by atomic mass is 10.1. The average Bonchev–Trinajstić information content (AvgIpc) is 3.33. The highest BCUT2D eigenvalue weighted by molar-refractivity contribution is 5.80. The summed E-state index contributed by atoms with van der Waals surface area (Å²) in [7, 11) is 4.59. The fourth-order valence-corrected chi connectivity index (χ4v) is 4.00. The van der Waals surface area contributed by atoms with E-state index in [1.54, 1.807) is 36.9 Å². The van der Waals surface area contributed by atoms with Gasteiger partial charge in [0.25, 0.3) is 5.56 Å². The van der Waals surface area contributed by atoms with Crippen molar-refractivity contribution in [2.45, 2.75) is 6.92 Å². The number of methoxy groups -OCH3 is 1. The largest absolute Gasteiger partial charge is 0.495 e. The van der Waals surface area contributed by atoms with Crippen molar-refractivity contribution in [1.29, 1.82) is 0 Å². The van der Waals surface area contributed by atoms with Crippen molar-refractivity contribution in [2.75, 3.05) is 7.11 Å². The van der Waals surface area contributed by atoms with Crippen molar-refractivity contribution in [1.82, 2.24) is 23.1 Å². The Kier molecular flexibility index (Phi) is 4.30. The van der Waals surface area contributed by atoms with Gasteiger partial charge >= 0.3 is 5.69 Å². The number of fused-ring (bicyclic) bond motifs is 3. The monoisotopic (exact) mass is 433 g/mol. The number of imidazole rings is 2. The molecule has 0 spiro atoms. The van der Waals surface area contributed by atoms with Gasteiger partial charge in [-0.3, -0.25) is 22.9 Å². The molecule has 3 heterocycles. The Labute approximate surface area is 181 Å². The quantitative estimate of drug-likeness (QED) is 0.439. The van der Waals surface area contributed by atoms with Crippen LogP contribution in [0.4, 0.5) is 4.39 Å². The predicted molar refractivity (Wildman–Crippen MR) is 119 cm³/mol. The van der Waals surface area contributed by atoms with Crippen LogP contribution in [0.2, 0.25) is 0 Å². The fourth-order valence-electron chi connectivity index (χ4n) is 4.00. The molecule has 8 nitrogen and oxygen atoms in total. The van der Waals surface area contributed by atoms with Gasteiger partial charge in [0.05, 0.1) is 18.5 Å². The zero-order valence-electron chi connectivity index (χ0n) is 18.0. The molecule has 0 N–H and O–H groups in total. The van der Waals surface area contributed by atoms with Gasteiger partial charge in [-0.15, -0.1) is 0 Å². The van der Waals surface area contributed by atoms with Gasteiger partial charge in [0.15, 0.2) is 11.2 Å². The van der Waals surface area contributed by atoms with Crippen molar-refractivity contribution in [2.24, 2.45) is 14.1 Å². The Morgan fingerprint density at radius 1 is 1.00 bits per heavy atom. The van der Waals surface area contributed by atoms with Crippen LogP contribution in [0.3, 0.4) is 0 Å². The molecule has 162 valence electrons. The van der Waals surface area contributed by atoms with E-state index in [2.05, 4.69) is 4.98 Å². The van der Waals surface area contributed by atoms with Crippen molar-refractivity contribution < 1.29 is 9.13 Å². The van der Waals surface area contributed by atoms with Crippen LogP contribution in [-0.2, 0) is 14.1 Å². The summed E-state index contributed by atoms with van der Waals surface area (Å²) in [5.74, 6) is 0.693. The van der Waals surface area contributed by atoms with Gasteiger partial charge in [-0.25, -0.2) is 9.18 Å². The molecule has 0 aliphatic rings. The van der Waals surface area contributed by atoms with Crippen LogP contribution in [0.15, 0.2) is 58.3 Å². The molecule has 0 saturated carbocycles. The molecule has 0 aliphatic carbocycles. The number of nitrogens with zero attached hydrogens (tertiary/aromatic N) is 5. The fraction of sp³-hybridized carbons (Fsp3) is 0.174. The summed E-state index contributed by atoms with van der Waals surface area (Å²) in [6, 6.07) is 11.8. The average molecular weight is 433 g/mol. The van der Waals surface area contributed by atoms with Crippen molar-refractivity contribution in [3.8, 4) is 22.7 Å². The lowest BCUT2D eigenvalue weighted by Gasteiger charge is -2.14. The first-order valence-electron chi connectivity index (χ1n) is 9.92. The van der Waals surface area contributed by atoms with Gasteiger partial charge < -0.3 is 4.74 Å². The highest BCUT2D eigenvalue weighted by Crippen LogP contribution is 2.33. The van der Waals surface area contributed by atoms with E-state index >= 15 is 0 Å². The minimum atomic E-state index is -0.457. The maximum absolute atomic E-state index is 13.6. The number of aryl methyl sites for hydroxylation is 2. The Hall–Kier alpha value is -4.14. The molecule has 0 saturated heterocycles. The van der Waals surface area contributed by atoms with Gasteiger partial charge in [-0.05, 0) is 48.9 Å². The maximum Gasteiger partial charge on any atom is 0.332 e. The molecule has 0 amide bonds. The summed E-state index contributed by atoms with van der Waals surface area (Å²) in [5, 5.41) is 0. The number of halogens is 1. The molecular formula is C23H20FN5O3. The van der Waals surface area contributed by atoms with Crippen LogP contribution in [-0.4, -0.2) is 30.2 Å². The summed E-state index contributed by atoms with van der Waals surface area (Å²) in [6.07, 6.45) is 1.77. The Bertz CT molecular complexity index is 1640. The zero-order valence-corrected chi connectivity index (χ0v) is 18.0. The topological polar surface area (TPSA) is 75.5 Å². The molecule has 0 unspecified atom stereocenters. The number of aromatic nitrogens is 5. The molecule has 0 fully saturated rings. The van der Waals surface area contributed by atoms with E-state index in [0.29, 0.717) is 22.9 Å². The minimum absolute atomic E-state index is 0.276. The third kappa shape index (κ3) is 2.71. The second kappa shape index (κ2) is 6.94. The lowest BCUT2D eigenvalue weighted by Crippen LogP contribution is -2.37. The first kappa shape index (κ1) is 19.8. The van der Waals surface area contributed by atoms with Gasteiger partial charge in [0.1, 0.15) is 11.6 Å². The van der Waals surface area contributed by atoms with E-state index in [9.17, 15) is 14.0 Å².